The van der Waals surface area contributed by atoms with Gasteiger partial charge in [0.1, 0.15) is 5.75 Å². The Bertz CT molecular complexity index is 862. The molecule has 8 nitrogen and oxygen atoms in total. The van der Waals surface area contributed by atoms with Gasteiger partial charge in [0, 0.05) is 23.5 Å². The number of hydrogen-bond donors (Lipinski definition) is 1. The van der Waals surface area contributed by atoms with Crippen molar-refractivity contribution in [2.24, 2.45) is 0 Å². The molecule has 0 bridgehead atoms. The summed E-state index contributed by atoms with van der Waals surface area (Å²) in [6.45, 7) is 4.67. The summed E-state index contributed by atoms with van der Waals surface area (Å²) in [5.41, 5.74) is 1.33. The molecule has 0 aliphatic heterocycles. The van der Waals surface area contributed by atoms with E-state index in [0.717, 1.165) is 11.8 Å². The second kappa shape index (κ2) is 9.22. The topological polar surface area (TPSA) is 112 Å². The largest absolute Gasteiger partial charge is 0.618 e. The predicted octanol–water partition coefficient (Wildman–Crippen LogP) is 1.96. The molecule has 0 saturated heterocycles. The summed E-state index contributed by atoms with van der Waals surface area (Å²) in [6.07, 6.45) is 1.32. The summed E-state index contributed by atoms with van der Waals surface area (Å²) in [5.74, 6) is -1.86. The van der Waals surface area contributed by atoms with Gasteiger partial charge in [-0.05, 0) is 38.6 Å². The molecule has 0 radical (unpaired) electrons. The van der Waals surface area contributed by atoms with Crippen LogP contribution in [0, 0.1) is 19.1 Å². The van der Waals surface area contributed by atoms with E-state index in [-0.39, 0.29) is 23.5 Å². The van der Waals surface area contributed by atoms with Gasteiger partial charge < -0.3 is 19.7 Å². The number of aromatic amines is 1. The van der Waals surface area contributed by atoms with Crippen LogP contribution in [0.25, 0.3) is 0 Å². The Kier molecular flexibility index (Phi) is 7.00. The van der Waals surface area contributed by atoms with Crippen molar-refractivity contribution in [1.82, 2.24) is 4.98 Å². The molecule has 0 aliphatic carbocycles. The number of aromatic nitrogens is 2. The van der Waals surface area contributed by atoms with Crippen LogP contribution in [0.1, 0.15) is 39.0 Å². The van der Waals surface area contributed by atoms with E-state index in [9.17, 15) is 19.6 Å². The Labute approximate surface area is 160 Å². The quantitative estimate of drug-likeness (QED) is 0.240. The fraction of sp³-hybridized carbons (Fsp3) is 0.333. The lowest BCUT2D eigenvalue weighted by atomic mass is 10.1. The molecular weight excluding hydrogens is 372 g/mol. The first kappa shape index (κ1) is 20.5. The molecule has 0 saturated carbocycles. The Morgan fingerprint density at radius 2 is 1.85 bits per heavy atom. The highest BCUT2D eigenvalue weighted by Gasteiger charge is 2.26. The van der Waals surface area contributed by atoms with Gasteiger partial charge in [-0.2, -0.15) is 4.73 Å². The van der Waals surface area contributed by atoms with Gasteiger partial charge in [0.05, 0.1) is 17.7 Å². The molecule has 9 heteroatoms. The van der Waals surface area contributed by atoms with Gasteiger partial charge >= 0.3 is 11.9 Å². The molecule has 0 fully saturated rings. The monoisotopic (exact) mass is 392 g/mol. The van der Waals surface area contributed by atoms with Crippen LogP contribution >= 0.6 is 11.8 Å². The first-order chi connectivity index (χ1) is 12.8. The van der Waals surface area contributed by atoms with E-state index in [1.807, 2.05) is 0 Å². The minimum Gasteiger partial charge on any atom is -0.618 e. The zero-order valence-corrected chi connectivity index (χ0v) is 16.1. The van der Waals surface area contributed by atoms with Gasteiger partial charge in [-0.3, -0.25) is 9.59 Å². The molecule has 0 aliphatic rings. The number of aryl methyl sites for hydroxylation is 2. The lowest BCUT2D eigenvalue weighted by molar-refractivity contribution is -0.645. The van der Waals surface area contributed by atoms with Crippen LogP contribution in [0.2, 0.25) is 0 Å². The van der Waals surface area contributed by atoms with Crippen molar-refractivity contribution >= 4 is 29.5 Å². The maximum absolute atomic E-state index is 12.5. The average Bonchev–Trinajstić information content (AvgIpc) is 2.93. The first-order valence-corrected chi connectivity index (χ1v) is 9.19. The summed E-state index contributed by atoms with van der Waals surface area (Å²) in [7, 11) is 0. The van der Waals surface area contributed by atoms with Crippen LogP contribution in [0.4, 0.5) is 0 Å². The summed E-state index contributed by atoms with van der Waals surface area (Å²) >= 11 is 1.01. The number of thioether (sulfide) groups is 1. The molecule has 2 rings (SSSR count). The Balaban J connectivity index is 1.98. The third-order valence-corrected chi connectivity index (χ3v) is 4.62. The first-order valence-electron chi connectivity index (χ1n) is 8.21. The standard InChI is InChI=1S/C18H20N2O6S/c1-4-25-18(23)17-12(3)19-11(2)16(17)13(21)9-26-15(22)10-27-14-7-5-6-8-20(14)24/h5-8,19H,4,9-10H2,1-3H3. The van der Waals surface area contributed by atoms with E-state index in [2.05, 4.69) is 4.98 Å². The summed E-state index contributed by atoms with van der Waals surface area (Å²) < 4.78 is 10.6. The lowest BCUT2D eigenvalue weighted by Crippen LogP contribution is -2.28. The fourth-order valence-electron chi connectivity index (χ4n) is 2.51. The van der Waals surface area contributed by atoms with Gasteiger partial charge in [-0.25, -0.2) is 4.79 Å². The van der Waals surface area contributed by atoms with E-state index in [0.29, 0.717) is 21.1 Å². The Morgan fingerprint density at radius 3 is 2.52 bits per heavy atom. The van der Waals surface area contributed by atoms with Gasteiger partial charge in [-0.15, -0.1) is 0 Å². The van der Waals surface area contributed by atoms with Crippen molar-refractivity contribution in [3.05, 3.63) is 52.1 Å². The van der Waals surface area contributed by atoms with Crippen molar-refractivity contribution in [3.63, 3.8) is 0 Å². The number of Topliss-reactive ketones (excluding diaryl/α,β-unsaturated/α-hetero) is 1. The minimum absolute atomic E-state index is 0.116. The molecule has 0 amide bonds. The molecule has 0 spiro atoms. The number of hydrogen-bond acceptors (Lipinski definition) is 7. The Morgan fingerprint density at radius 1 is 1.15 bits per heavy atom. The number of nitrogens with zero attached hydrogens (tertiary/aromatic N) is 1. The highest BCUT2D eigenvalue weighted by Crippen LogP contribution is 2.20. The molecule has 2 heterocycles. The molecule has 0 aromatic carbocycles. The van der Waals surface area contributed by atoms with Crippen LogP contribution in [0.15, 0.2) is 29.4 Å². The highest BCUT2D eigenvalue weighted by atomic mass is 32.2. The van der Waals surface area contributed by atoms with Crippen LogP contribution < -0.4 is 4.73 Å². The number of nitrogens with one attached hydrogen (secondary N) is 1. The predicted molar refractivity (Wildman–Crippen MR) is 97.6 cm³/mol. The van der Waals surface area contributed by atoms with Crippen molar-refractivity contribution in [1.29, 1.82) is 0 Å². The van der Waals surface area contributed by atoms with E-state index in [1.54, 1.807) is 39.0 Å². The maximum atomic E-state index is 12.5. The maximum Gasteiger partial charge on any atom is 0.340 e. The molecule has 144 valence electrons. The molecule has 27 heavy (non-hydrogen) atoms. The lowest BCUT2D eigenvalue weighted by Gasteiger charge is -2.07. The molecular formula is C18H20N2O6S. The van der Waals surface area contributed by atoms with Gasteiger partial charge in [0.15, 0.2) is 12.8 Å². The fourth-order valence-corrected chi connectivity index (χ4v) is 3.22. The minimum atomic E-state index is -0.639. The van der Waals surface area contributed by atoms with Crippen LogP contribution in [-0.4, -0.2) is 41.7 Å². The normalized spacial score (nSPS) is 10.5. The zero-order chi connectivity index (χ0) is 20.0. The summed E-state index contributed by atoms with van der Waals surface area (Å²) in [4.78, 5) is 39.4. The zero-order valence-electron chi connectivity index (χ0n) is 15.2. The molecule has 2 aromatic rings. The third kappa shape index (κ3) is 5.10. The number of carbonyl (C=O) groups excluding carboxylic acids is 3. The second-order valence-electron chi connectivity index (χ2n) is 5.58. The molecule has 2 aromatic heterocycles. The second-order valence-corrected chi connectivity index (χ2v) is 6.58. The number of carbonyl (C=O) groups is 3. The van der Waals surface area contributed by atoms with Crippen LogP contribution in [0.3, 0.4) is 0 Å². The van der Waals surface area contributed by atoms with Gasteiger partial charge in [0.2, 0.25) is 5.78 Å². The van der Waals surface area contributed by atoms with Gasteiger partial charge in [-0.1, -0.05) is 0 Å². The number of rotatable bonds is 8. The molecule has 1 N–H and O–H groups in total. The average molecular weight is 392 g/mol. The smallest absolute Gasteiger partial charge is 0.340 e. The van der Waals surface area contributed by atoms with Crippen LogP contribution in [0.5, 0.6) is 0 Å². The number of esters is 2. The van der Waals surface area contributed by atoms with E-state index >= 15 is 0 Å². The van der Waals surface area contributed by atoms with Crippen LogP contribution in [-0.2, 0) is 14.3 Å². The van der Waals surface area contributed by atoms with Crippen molar-refractivity contribution < 1.29 is 28.6 Å². The summed E-state index contributed by atoms with van der Waals surface area (Å²) in [5, 5.41) is 11.9. The summed E-state index contributed by atoms with van der Waals surface area (Å²) in [6, 6.07) is 4.84. The Hall–Kier alpha value is -2.81. The van der Waals surface area contributed by atoms with Crippen molar-refractivity contribution in [2.75, 3.05) is 19.0 Å². The van der Waals surface area contributed by atoms with E-state index in [4.69, 9.17) is 9.47 Å². The molecule has 0 unspecified atom stereocenters. The van der Waals surface area contributed by atoms with Gasteiger partial charge in [0.25, 0.3) is 5.03 Å². The highest BCUT2D eigenvalue weighted by molar-refractivity contribution is 7.99. The van der Waals surface area contributed by atoms with Crippen molar-refractivity contribution in [2.45, 2.75) is 25.8 Å². The number of ether oxygens (including phenoxy) is 2. The van der Waals surface area contributed by atoms with E-state index in [1.165, 1.54) is 6.20 Å². The van der Waals surface area contributed by atoms with Crippen molar-refractivity contribution in [3.8, 4) is 0 Å². The third-order valence-electron chi connectivity index (χ3n) is 3.62. The SMILES string of the molecule is CCOC(=O)c1c(C)[nH]c(C)c1C(=O)COC(=O)CSc1cccc[n+]1[O-]. The van der Waals surface area contributed by atoms with E-state index < -0.39 is 24.3 Å². The molecule has 0 atom stereocenters. The number of ketones is 1. The number of pyridine rings is 1. The number of H-pyrrole nitrogens is 1.